The highest BCUT2D eigenvalue weighted by Crippen LogP contribution is 2.19. The summed E-state index contributed by atoms with van der Waals surface area (Å²) in [5.41, 5.74) is 4.80. The molecule has 0 saturated carbocycles. The Hall–Kier alpha value is -2.88. The second kappa shape index (κ2) is 7.79. The van der Waals surface area contributed by atoms with E-state index in [1.54, 1.807) is 6.20 Å². The average Bonchev–Trinajstić information content (AvgIpc) is 2.61. The van der Waals surface area contributed by atoms with E-state index in [0.717, 1.165) is 18.1 Å². The van der Waals surface area contributed by atoms with Gasteiger partial charge in [0.2, 0.25) is 5.95 Å². The fourth-order valence-corrected chi connectivity index (χ4v) is 2.61. The van der Waals surface area contributed by atoms with Gasteiger partial charge in [0.25, 0.3) is 0 Å². The van der Waals surface area contributed by atoms with Gasteiger partial charge >= 0.3 is 0 Å². The molecule has 2 aromatic carbocycles. The molecular formula is C21H24N4. The molecule has 0 unspecified atom stereocenters. The summed E-state index contributed by atoms with van der Waals surface area (Å²) in [4.78, 5) is 8.83. The fourth-order valence-electron chi connectivity index (χ4n) is 2.61. The van der Waals surface area contributed by atoms with Gasteiger partial charge in [-0.25, -0.2) is 4.98 Å². The highest BCUT2D eigenvalue weighted by Gasteiger charge is 2.02. The van der Waals surface area contributed by atoms with Gasteiger partial charge in [-0.15, -0.1) is 0 Å². The van der Waals surface area contributed by atoms with Crippen molar-refractivity contribution in [1.82, 2.24) is 9.97 Å². The number of hydrogen-bond donors (Lipinski definition) is 2. The van der Waals surface area contributed by atoms with E-state index < -0.39 is 0 Å². The van der Waals surface area contributed by atoms with Crippen LogP contribution in [0.15, 0.2) is 60.8 Å². The topological polar surface area (TPSA) is 49.8 Å². The van der Waals surface area contributed by atoms with Crippen molar-refractivity contribution in [2.24, 2.45) is 0 Å². The molecule has 4 heteroatoms. The molecular weight excluding hydrogens is 308 g/mol. The molecule has 0 aliphatic rings. The van der Waals surface area contributed by atoms with E-state index in [4.69, 9.17) is 0 Å². The Morgan fingerprint density at radius 2 is 1.80 bits per heavy atom. The van der Waals surface area contributed by atoms with Crippen molar-refractivity contribution in [2.45, 2.75) is 33.2 Å². The van der Waals surface area contributed by atoms with Gasteiger partial charge in [-0.3, -0.25) is 0 Å². The predicted molar refractivity (Wildman–Crippen MR) is 104 cm³/mol. The van der Waals surface area contributed by atoms with E-state index in [0.29, 0.717) is 11.9 Å². The molecule has 1 aromatic heterocycles. The number of nitrogens with one attached hydrogen (secondary N) is 2. The van der Waals surface area contributed by atoms with Gasteiger partial charge in [0.15, 0.2) is 0 Å². The zero-order valence-electron chi connectivity index (χ0n) is 15.0. The standard InChI is InChI=1S/C21H24N4/c1-15(2)18-7-9-19(10-8-18)24-21-22-12-11-20(25-21)23-14-17-6-4-5-16(3)13-17/h4-13,15H,14H2,1-3H3,(H2,22,23,24,25). The summed E-state index contributed by atoms with van der Waals surface area (Å²) in [7, 11) is 0. The van der Waals surface area contributed by atoms with Crippen molar-refractivity contribution in [2.75, 3.05) is 10.6 Å². The lowest BCUT2D eigenvalue weighted by Crippen LogP contribution is -2.04. The summed E-state index contributed by atoms with van der Waals surface area (Å²) in [6.07, 6.45) is 1.76. The molecule has 3 aromatic rings. The highest BCUT2D eigenvalue weighted by atomic mass is 15.1. The van der Waals surface area contributed by atoms with Crippen LogP contribution in [0.1, 0.15) is 36.5 Å². The number of benzene rings is 2. The monoisotopic (exact) mass is 332 g/mol. The van der Waals surface area contributed by atoms with Gasteiger partial charge < -0.3 is 10.6 Å². The summed E-state index contributed by atoms with van der Waals surface area (Å²) in [5, 5.41) is 6.60. The SMILES string of the molecule is Cc1cccc(CNc2ccnc(Nc3ccc(C(C)C)cc3)n2)c1. The molecule has 128 valence electrons. The van der Waals surface area contributed by atoms with Crippen LogP contribution in [-0.2, 0) is 6.54 Å². The third-order valence-corrected chi connectivity index (χ3v) is 4.05. The van der Waals surface area contributed by atoms with E-state index in [-0.39, 0.29) is 0 Å². The number of anilines is 3. The van der Waals surface area contributed by atoms with E-state index in [1.165, 1.54) is 16.7 Å². The lowest BCUT2D eigenvalue weighted by atomic mass is 10.0. The van der Waals surface area contributed by atoms with E-state index >= 15 is 0 Å². The summed E-state index contributed by atoms with van der Waals surface area (Å²) in [6.45, 7) is 7.21. The third kappa shape index (κ3) is 4.80. The van der Waals surface area contributed by atoms with Crippen molar-refractivity contribution in [3.05, 3.63) is 77.5 Å². The second-order valence-electron chi connectivity index (χ2n) is 6.51. The van der Waals surface area contributed by atoms with Crippen molar-refractivity contribution < 1.29 is 0 Å². The van der Waals surface area contributed by atoms with Gasteiger partial charge in [0.1, 0.15) is 5.82 Å². The maximum atomic E-state index is 4.53. The Morgan fingerprint density at radius 1 is 1.00 bits per heavy atom. The van der Waals surface area contributed by atoms with Gasteiger partial charge in [-0.05, 0) is 42.2 Å². The number of aryl methyl sites for hydroxylation is 1. The van der Waals surface area contributed by atoms with Crippen LogP contribution in [0, 0.1) is 6.92 Å². The van der Waals surface area contributed by atoms with Crippen LogP contribution in [0.2, 0.25) is 0 Å². The lowest BCUT2D eigenvalue weighted by molar-refractivity contribution is 0.867. The molecule has 3 rings (SSSR count). The van der Waals surface area contributed by atoms with E-state index in [1.807, 2.05) is 6.07 Å². The Bertz CT molecular complexity index is 825. The Kier molecular flexibility index (Phi) is 5.29. The molecule has 0 aliphatic carbocycles. The molecule has 0 amide bonds. The van der Waals surface area contributed by atoms with Crippen molar-refractivity contribution in [1.29, 1.82) is 0 Å². The highest BCUT2D eigenvalue weighted by molar-refractivity contribution is 5.55. The molecule has 0 bridgehead atoms. The van der Waals surface area contributed by atoms with Gasteiger partial charge in [-0.1, -0.05) is 55.8 Å². The number of aromatic nitrogens is 2. The lowest BCUT2D eigenvalue weighted by Gasteiger charge is -2.10. The zero-order chi connectivity index (χ0) is 17.6. The first-order chi connectivity index (χ1) is 12.1. The van der Waals surface area contributed by atoms with Crippen LogP contribution in [0.5, 0.6) is 0 Å². The van der Waals surface area contributed by atoms with Crippen LogP contribution in [0.4, 0.5) is 17.5 Å². The normalized spacial score (nSPS) is 10.7. The minimum absolute atomic E-state index is 0.527. The van der Waals surface area contributed by atoms with E-state index in [9.17, 15) is 0 Å². The molecule has 0 atom stereocenters. The molecule has 1 heterocycles. The van der Waals surface area contributed by atoms with Gasteiger partial charge in [0, 0.05) is 18.4 Å². The number of hydrogen-bond acceptors (Lipinski definition) is 4. The smallest absolute Gasteiger partial charge is 0.229 e. The minimum Gasteiger partial charge on any atom is -0.366 e. The average molecular weight is 332 g/mol. The Morgan fingerprint density at radius 3 is 2.52 bits per heavy atom. The minimum atomic E-state index is 0.527. The molecule has 0 fully saturated rings. The zero-order valence-corrected chi connectivity index (χ0v) is 15.0. The summed E-state index contributed by atoms with van der Waals surface area (Å²) >= 11 is 0. The number of rotatable bonds is 6. The maximum Gasteiger partial charge on any atom is 0.229 e. The predicted octanol–water partition coefficient (Wildman–Crippen LogP) is 5.26. The van der Waals surface area contributed by atoms with Crippen LogP contribution in [0.3, 0.4) is 0 Å². The van der Waals surface area contributed by atoms with Crippen molar-refractivity contribution >= 4 is 17.5 Å². The first-order valence-electron chi connectivity index (χ1n) is 8.59. The largest absolute Gasteiger partial charge is 0.366 e. The van der Waals surface area contributed by atoms with E-state index in [2.05, 4.69) is 89.9 Å². The Labute approximate surface area is 149 Å². The third-order valence-electron chi connectivity index (χ3n) is 4.05. The molecule has 0 spiro atoms. The molecule has 0 saturated heterocycles. The number of nitrogens with zero attached hydrogens (tertiary/aromatic N) is 2. The van der Waals surface area contributed by atoms with Crippen molar-refractivity contribution in [3.8, 4) is 0 Å². The maximum absolute atomic E-state index is 4.53. The molecule has 0 aliphatic heterocycles. The van der Waals surface area contributed by atoms with Gasteiger partial charge in [0.05, 0.1) is 0 Å². The molecule has 0 radical (unpaired) electrons. The summed E-state index contributed by atoms with van der Waals surface area (Å²) in [5.74, 6) is 1.92. The Balaban J connectivity index is 1.64. The molecule has 2 N–H and O–H groups in total. The van der Waals surface area contributed by atoms with Crippen molar-refractivity contribution in [3.63, 3.8) is 0 Å². The van der Waals surface area contributed by atoms with Crippen LogP contribution in [0.25, 0.3) is 0 Å². The quantitative estimate of drug-likeness (QED) is 0.646. The van der Waals surface area contributed by atoms with Crippen LogP contribution >= 0.6 is 0 Å². The van der Waals surface area contributed by atoms with Crippen LogP contribution in [-0.4, -0.2) is 9.97 Å². The molecule has 4 nitrogen and oxygen atoms in total. The summed E-state index contributed by atoms with van der Waals surface area (Å²) in [6, 6.07) is 18.7. The van der Waals surface area contributed by atoms with Crippen LogP contribution < -0.4 is 10.6 Å². The second-order valence-corrected chi connectivity index (χ2v) is 6.51. The first kappa shape index (κ1) is 17.0. The van der Waals surface area contributed by atoms with Gasteiger partial charge in [-0.2, -0.15) is 4.98 Å². The first-order valence-corrected chi connectivity index (χ1v) is 8.59. The summed E-state index contributed by atoms with van der Waals surface area (Å²) < 4.78 is 0. The molecule has 25 heavy (non-hydrogen) atoms. The fraction of sp³-hybridized carbons (Fsp3) is 0.238.